The number of aliphatic hydroxyl groups is 4. The number of aryl methyl sites for hydroxylation is 6. The van der Waals surface area contributed by atoms with E-state index in [4.69, 9.17) is 0 Å². The fourth-order valence-corrected chi connectivity index (χ4v) is 14.2. The Kier molecular flexibility index (Phi) is 57.7. The molecule has 0 unspecified atom stereocenters. The van der Waals surface area contributed by atoms with E-state index in [9.17, 15) is 39.6 Å². The predicted octanol–water partition coefficient (Wildman–Crippen LogP) is 24.7. The molecule has 27 heteroatoms. The number of nitrogens with zero attached hydrogens (tertiary/aromatic N) is 13. The van der Waals surface area contributed by atoms with Crippen LogP contribution in [0.15, 0.2) is 310 Å². The van der Waals surface area contributed by atoms with Crippen molar-refractivity contribution in [1.82, 2.24) is 60.4 Å². The molecule has 0 atom stereocenters. The Labute approximate surface area is 957 Å². The van der Waals surface area contributed by atoms with E-state index in [0.29, 0.717) is 0 Å². The second kappa shape index (κ2) is 63.2. The van der Waals surface area contributed by atoms with Gasteiger partial charge in [-0.25, -0.2) is 15.2 Å². The minimum absolute atomic E-state index is 0. The summed E-state index contributed by atoms with van der Waals surface area (Å²) in [5, 5.41) is 58.0. The zero-order valence-corrected chi connectivity index (χ0v) is 105. The van der Waals surface area contributed by atoms with Crippen LogP contribution in [0.4, 0.5) is 0 Å². The molecule has 1 aliphatic rings. The van der Waals surface area contributed by atoms with E-state index in [0.717, 1.165) is 67.5 Å². The molecule has 15 rings (SSSR count). The molecule has 0 aliphatic carbocycles. The van der Waals surface area contributed by atoms with Crippen molar-refractivity contribution >= 4 is 23.1 Å². The van der Waals surface area contributed by atoms with Crippen molar-refractivity contribution in [1.29, 1.82) is 0 Å². The average Bonchev–Trinajstić information content (AvgIpc) is 1.63. The number of hydrogen-bond donors (Lipinski definition) is 4. The topological polar surface area (TPSA) is 308 Å². The van der Waals surface area contributed by atoms with Crippen molar-refractivity contribution in [3.63, 3.8) is 0 Å². The van der Waals surface area contributed by atoms with Crippen molar-refractivity contribution in [2.24, 2.45) is 43.3 Å². The predicted molar refractivity (Wildman–Crippen MR) is 571 cm³/mol. The Morgan fingerprint density at radius 1 is 0.324 bits per heavy atom. The van der Waals surface area contributed by atoms with Gasteiger partial charge in [0.1, 0.15) is 29.4 Å². The van der Waals surface area contributed by atoms with Crippen LogP contribution in [0.5, 0.6) is 0 Å². The first kappa shape index (κ1) is 135. The molecule has 4 N–H and O–H groups in total. The van der Waals surface area contributed by atoms with E-state index in [-0.39, 0.29) is 190 Å². The van der Waals surface area contributed by atoms with Crippen LogP contribution in [0.3, 0.4) is 0 Å². The van der Waals surface area contributed by atoms with E-state index in [2.05, 4.69) is 232 Å². The molecule has 148 heavy (non-hydrogen) atoms. The molecule has 14 aromatic rings. The molecule has 0 fully saturated rings. The Balaban J connectivity index is 0.000000822. The zero-order valence-electron chi connectivity index (χ0n) is 90.4. The third-order valence-electron chi connectivity index (χ3n) is 20.9. The number of fused-ring (bicyclic) bond motifs is 3. The number of hydrogen-bond acceptors (Lipinski definition) is 20. The van der Waals surface area contributed by atoms with Crippen LogP contribution in [-0.4, -0.2) is 104 Å². The number of aromatic nitrogens is 13. The summed E-state index contributed by atoms with van der Waals surface area (Å²) in [5.74, 6) is 1.16. The van der Waals surface area contributed by atoms with E-state index < -0.39 is 21.7 Å². The number of ketones is 4. The minimum atomic E-state index is -0.417. The molecule has 5 radical (unpaired) electrons. The maximum absolute atomic E-state index is 11.5. The van der Waals surface area contributed by atoms with Crippen LogP contribution in [0.1, 0.15) is 200 Å². The van der Waals surface area contributed by atoms with Crippen LogP contribution >= 0.6 is 0 Å². The Hall–Kier alpha value is -11.0. The summed E-state index contributed by atoms with van der Waals surface area (Å²) in [7, 11) is 0. The molecule has 0 amide bonds. The number of carbonyl (C=O) groups excluding carboxylic acids is 4. The maximum atomic E-state index is 11.5. The number of carbonyl (C=O) groups is 4. The summed E-state index contributed by atoms with van der Waals surface area (Å²) < 4.78 is 3.62. The number of pyridine rings is 1. The summed E-state index contributed by atoms with van der Waals surface area (Å²) in [6.45, 7) is 56.8. The number of benzene rings is 7. The zero-order chi connectivity index (χ0) is 106. The number of halogens is 1. The first-order valence-electron chi connectivity index (χ1n) is 47.1. The molecule has 7 aromatic carbocycles. The standard InChI is InChI=1S/C16H11IN2.C16H11N2.3C12H11N2.4C11H20O2.C9H6N3.5Ir/c1-2-5-12(6-3-1)13-8-9-15-14(11-13)16-7-4-10-18-19(16)17-15;1-2-5-13(6-3-1)14-7-4-8-15(11-14)16-12-17-9-10-18-16;1-9-4-5-11(10(2)8-9)12-13-6-3-7-14-12;1-9-3-4-11(10(2)7-9)12-5-6-13-8-14-12;1-9-5-6-11(10(2)8-9)12-4-3-7-13-14-12;4*1-10(2,3)8(12)7-9(13)11(4,5)6;1-2-5-10-9(3-1)8-4-6-11-12-7-8;;;;;/h1-11H;1-7,9-12H;3-4,6-8H,1-2H3;3,5-8H,1-2H3;3-5,7-8H,1-2H3;4*7,12H,1-6H3;1-3,5-7H;;;;;/q;4*-1;;;;;-1;;;;;. The monoisotopic (exact) mass is 3000 g/mol. The molecule has 0 spiro atoms. The third kappa shape index (κ3) is 47.5. The van der Waals surface area contributed by atoms with Crippen LogP contribution in [-0.2, 0) is 120 Å². The van der Waals surface area contributed by atoms with Gasteiger partial charge in [-0.2, -0.15) is 16.3 Å². The van der Waals surface area contributed by atoms with Gasteiger partial charge >= 0.3 is 122 Å². The van der Waals surface area contributed by atoms with Gasteiger partial charge in [0.2, 0.25) is 0 Å². The molecule has 0 bridgehead atoms. The van der Waals surface area contributed by atoms with Gasteiger partial charge in [0.15, 0.2) is 23.1 Å². The van der Waals surface area contributed by atoms with Gasteiger partial charge in [0, 0.05) is 229 Å². The van der Waals surface area contributed by atoms with Gasteiger partial charge in [0.05, 0.1) is 5.82 Å². The van der Waals surface area contributed by atoms with Crippen LogP contribution in [0.25, 0.3) is 89.9 Å². The number of allylic oxidation sites excluding steroid dienone is 8. The Morgan fingerprint density at radius 3 is 1.14 bits per heavy atom. The van der Waals surface area contributed by atoms with Crippen molar-refractivity contribution in [3.05, 3.63) is 377 Å². The van der Waals surface area contributed by atoms with Gasteiger partial charge in [-0.3, -0.25) is 39.1 Å². The van der Waals surface area contributed by atoms with E-state index in [1.165, 1.54) is 89.8 Å². The molecule has 7 aromatic heterocycles. The average molecular weight is 2990 g/mol. The summed E-state index contributed by atoms with van der Waals surface area (Å²) in [4.78, 5) is 74.9. The fraction of sp³-hybridized carbons (Fsp3) is 0.314. The van der Waals surface area contributed by atoms with E-state index in [1.54, 1.807) is 62.1 Å². The SMILES string of the molecule is CC(C)(C)C(=O)C=C(O)C(C)(C)C.CC(C)(C)C(=O)C=C(O)C(C)(C)C.CC(C)(C)C(=O)C=C(O)C(C)(C)C.CC(C)(C)C(=O)C=C(O)C(C)(C)C.Cc1c[c-]c(-c2cccnn2)c(C)c1.Cc1c[c-]c(-c2ccncn2)c(C)c1.Cc1c[c-]c(-c2ncccn2)c(C)c1.[Ir].[Ir].[Ir].[Ir].[Ir].[c-]1ccc(-c2ccccc2)cc1-c1cnccn1.[c-]1cnncc1-c1ccccn1.c1ccc(-c2ccc3c(c2)-c2cccn[n+]2[I-]3)cc1. The van der Waals surface area contributed by atoms with E-state index in [1.807, 2.05) is 263 Å². The fourth-order valence-electron chi connectivity index (χ4n) is 11.7. The molecule has 8 heterocycles. The van der Waals surface area contributed by atoms with E-state index >= 15 is 0 Å². The van der Waals surface area contributed by atoms with Crippen molar-refractivity contribution in [2.45, 2.75) is 208 Å². The molecule has 21 nitrogen and oxygen atoms in total. The molecule has 1 aliphatic heterocycles. The summed E-state index contributed by atoms with van der Waals surface area (Å²) in [5.41, 5.74) is 20.1. The van der Waals surface area contributed by atoms with Gasteiger partial charge in [-0.1, -0.05) is 269 Å². The van der Waals surface area contributed by atoms with Crippen LogP contribution in [0, 0.1) is 119 Å². The van der Waals surface area contributed by atoms with Gasteiger partial charge < -0.3 is 30.4 Å². The molecular weight excluding hydrogens is 2850 g/mol. The van der Waals surface area contributed by atoms with Crippen molar-refractivity contribution in [3.8, 4) is 89.9 Å². The molecule has 0 saturated carbocycles. The normalized spacial score (nSPS) is 11.6. The van der Waals surface area contributed by atoms with Crippen LogP contribution < -0.4 is 24.4 Å². The number of aliphatic hydroxyl groups excluding tert-OH is 4. The molecule has 795 valence electrons. The number of rotatable bonds is 11. The summed E-state index contributed by atoms with van der Waals surface area (Å²) in [6.07, 6.45) is 25.7. The Morgan fingerprint density at radius 2 is 0.750 bits per heavy atom. The Bertz CT molecular complexity index is 6050. The third-order valence-corrected chi connectivity index (χ3v) is 23.5. The quantitative estimate of drug-likeness (QED) is 0.0405. The van der Waals surface area contributed by atoms with Gasteiger partial charge in [0.25, 0.3) is 0 Å². The van der Waals surface area contributed by atoms with Gasteiger partial charge in [-0.05, 0) is 41.3 Å². The molecular formula is C121H141IIr5N13O8-5. The van der Waals surface area contributed by atoms with Gasteiger partial charge in [-0.15, -0.1) is 146 Å². The van der Waals surface area contributed by atoms with Crippen LogP contribution in [0.2, 0.25) is 0 Å². The molecule has 0 saturated heterocycles. The summed E-state index contributed by atoms with van der Waals surface area (Å²) in [6, 6.07) is 79.1. The second-order valence-electron chi connectivity index (χ2n) is 42.2. The summed E-state index contributed by atoms with van der Waals surface area (Å²) >= 11 is -0.175. The second-order valence-corrected chi connectivity index (χ2v) is 44.7. The van der Waals surface area contributed by atoms with Crippen molar-refractivity contribution in [2.75, 3.05) is 0 Å². The first-order valence-corrected chi connectivity index (χ1v) is 49.1. The van der Waals surface area contributed by atoms with Crippen molar-refractivity contribution < 1.29 is 165 Å². The first-order chi connectivity index (χ1) is 66.8.